The summed E-state index contributed by atoms with van der Waals surface area (Å²) in [6, 6.07) is -0.230. The Hall–Kier alpha value is -5.92. The number of carboxylic acids is 3. The lowest BCUT2D eigenvalue weighted by molar-refractivity contribution is -0.143. The molecule has 0 spiro atoms. The summed E-state index contributed by atoms with van der Waals surface area (Å²) in [4.78, 5) is 125. The van der Waals surface area contributed by atoms with E-state index in [2.05, 4.69) is 31.9 Å². The van der Waals surface area contributed by atoms with Gasteiger partial charge in [0.15, 0.2) is 5.78 Å². The van der Waals surface area contributed by atoms with Crippen LogP contribution in [-0.4, -0.2) is 117 Å². The molecule has 0 aromatic heterocycles. The molecule has 1 aromatic rings. The summed E-state index contributed by atoms with van der Waals surface area (Å²) in [7, 11) is 0. The molecule has 0 saturated carbocycles. The molecule has 2 unspecified atom stereocenters. The van der Waals surface area contributed by atoms with Gasteiger partial charge in [0.05, 0.1) is 12.1 Å². The summed E-state index contributed by atoms with van der Waals surface area (Å²) in [5.41, 5.74) is 6.37. The lowest BCUT2D eigenvalue weighted by Gasteiger charge is -2.26. The van der Waals surface area contributed by atoms with Gasteiger partial charge in [0.2, 0.25) is 35.4 Å². The number of aliphatic carboxylic acids is 3. The van der Waals surface area contributed by atoms with E-state index in [-0.39, 0.29) is 44.4 Å². The molecule has 6 amide bonds. The molecule has 0 heterocycles. The zero-order chi connectivity index (χ0) is 45.0. The third kappa shape index (κ3) is 19.9. The minimum atomic E-state index is -1.46. The molecule has 0 saturated heterocycles. The molecule has 1 rings (SSSR count). The lowest BCUT2D eigenvalue weighted by Crippen LogP contribution is -2.57. The summed E-state index contributed by atoms with van der Waals surface area (Å²) in [5, 5.41) is 42.4. The van der Waals surface area contributed by atoms with Crippen LogP contribution in [0.25, 0.3) is 0 Å². The van der Waals surface area contributed by atoms with Crippen LogP contribution in [0, 0.1) is 11.8 Å². The Kier molecular flexibility index (Phi) is 22.0. The largest absolute Gasteiger partial charge is 0.481 e. The summed E-state index contributed by atoms with van der Waals surface area (Å²) in [5.74, 6) is -9.57. The Morgan fingerprint density at radius 2 is 1.08 bits per heavy atom. The molecule has 328 valence electrons. The second kappa shape index (κ2) is 25.4. The van der Waals surface area contributed by atoms with E-state index in [4.69, 9.17) is 10.8 Å². The van der Waals surface area contributed by atoms with Crippen molar-refractivity contribution in [1.29, 1.82) is 0 Å². The molecular formula is C39H59N7O13. The van der Waals surface area contributed by atoms with Gasteiger partial charge in [-0.05, 0) is 50.5 Å². The zero-order valence-electron chi connectivity index (χ0n) is 34.2. The monoisotopic (exact) mass is 833 g/mol. The van der Waals surface area contributed by atoms with Crippen LogP contribution < -0.4 is 37.6 Å². The number of hydrogen-bond acceptors (Lipinski definition) is 11. The van der Waals surface area contributed by atoms with Crippen LogP contribution >= 0.6 is 0 Å². The molecule has 0 bridgehead atoms. The van der Waals surface area contributed by atoms with Gasteiger partial charge in [-0.15, -0.1) is 0 Å². The van der Waals surface area contributed by atoms with Crippen molar-refractivity contribution in [1.82, 2.24) is 31.9 Å². The quantitative estimate of drug-likeness (QED) is 0.0528. The maximum absolute atomic E-state index is 13.3. The van der Waals surface area contributed by atoms with E-state index >= 15 is 0 Å². The van der Waals surface area contributed by atoms with Gasteiger partial charge in [-0.2, -0.15) is 0 Å². The Bertz CT molecular complexity index is 1650. The van der Waals surface area contributed by atoms with Crippen LogP contribution in [0.2, 0.25) is 0 Å². The van der Waals surface area contributed by atoms with Crippen LogP contribution in [0.15, 0.2) is 30.3 Å². The number of ketones is 1. The van der Waals surface area contributed by atoms with E-state index in [0.29, 0.717) is 5.56 Å². The smallest absolute Gasteiger partial charge is 0.326 e. The van der Waals surface area contributed by atoms with Crippen molar-refractivity contribution < 1.29 is 63.3 Å². The van der Waals surface area contributed by atoms with Crippen molar-refractivity contribution in [2.45, 2.75) is 135 Å². The number of amides is 6. The number of hydrogen-bond donors (Lipinski definition) is 10. The number of carbonyl (C=O) groups is 10. The van der Waals surface area contributed by atoms with Crippen LogP contribution in [-0.2, 0) is 54.4 Å². The fraction of sp³-hybridized carbons (Fsp3) is 0.590. The topological polar surface area (TPSA) is 330 Å². The Morgan fingerprint density at radius 1 is 0.559 bits per heavy atom. The Labute approximate surface area is 342 Å². The molecule has 7 atom stereocenters. The second-order valence-electron chi connectivity index (χ2n) is 15.0. The number of Topliss-reactive ketones (excluding diaryl/α,β-unsaturated/α-hetero) is 1. The van der Waals surface area contributed by atoms with E-state index < -0.39 is 120 Å². The molecule has 0 radical (unpaired) electrons. The molecular weight excluding hydrogens is 774 g/mol. The number of benzene rings is 1. The third-order valence-corrected chi connectivity index (χ3v) is 8.96. The van der Waals surface area contributed by atoms with Crippen molar-refractivity contribution in [2.75, 3.05) is 0 Å². The number of carboxylic acid groups (broad SMARTS) is 3. The first kappa shape index (κ1) is 51.1. The highest BCUT2D eigenvalue weighted by Gasteiger charge is 2.32. The summed E-state index contributed by atoms with van der Waals surface area (Å²) in [6.07, 6.45) is -2.10. The lowest BCUT2D eigenvalue weighted by atomic mass is 9.97. The standard InChI is InChI=1S/C39H59N7O13/c1-20(2)18-27(44-35(54)23(6)42-38(57)33(21(3)4)46-36(55)25(40)12-16-31(49)50)29(47)14-15-30(48)41-22(5)34(53)43-26(13-17-32(51)52)37(56)45-28(39(58)59)19-24-10-8-7-9-11-24/h7-11,20-23,25-28,33H,12-19,40H2,1-6H3,(H,41,48)(H,42,57)(H,43,53)(H,44,54)(H,45,56)(H,46,55)(H,49,50)(H,51,52)(H,58,59)/t22-,23?,25-,26-,27?,28-,33-/m0/s1. The summed E-state index contributed by atoms with van der Waals surface area (Å²) in [6.45, 7) is 9.55. The maximum Gasteiger partial charge on any atom is 0.326 e. The maximum atomic E-state index is 13.3. The summed E-state index contributed by atoms with van der Waals surface area (Å²) < 4.78 is 0. The Morgan fingerprint density at radius 3 is 1.61 bits per heavy atom. The number of rotatable bonds is 27. The van der Waals surface area contributed by atoms with Gasteiger partial charge in [0.25, 0.3) is 0 Å². The van der Waals surface area contributed by atoms with E-state index in [0.717, 1.165) is 0 Å². The first-order valence-corrected chi connectivity index (χ1v) is 19.3. The van der Waals surface area contributed by atoms with E-state index in [1.807, 2.05) is 0 Å². The molecule has 0 fully saturated rings. The fourth-order valence-electron chi connectivity index (χ4n) is 5.56. The highest BCUT2D eigenvalue weighted by Crippen LogP contribution is 2.11. The first-order valence-electron chi connectivity index (χ1n) is 19.3. The van der Waals surface area contributed by atoms with Crippen molar-refractivity contribution in [3.8, 4) is 0 Å². The highest BCUT2D eigenvalue weighted by atomic mass is 16.4. The third-order valence-electron chi connectivity index (χ3n) is 8.96. The average Bonchev–Trinajstić information content (AvgIpc) is 3.15. The zero-order valence-corrected chi connectivity index (χ0v) is 34.2. The number of nitrogens with one attached hydrogen (secondary N) is 6. The van der Waals surface area contributed by atoms with Crippen LogP contribution in [0.1, 0.15) is 92.1 Å². The predicted octanol–water partition coefficient (Wildman–Crippen LogP) is -0.629. The van der Waals surface area contributed by atoms with Crippen LogP contribution in [0.3, 0.4) is 0 Å². The van der Waals surface area contributed by atoms with Crippen molar-refractivity contribution in [3.05, 3.63) is 35.9 Å². The fourth-order valence-corrected chi connectivity index (χ4v) is 5.56. The number of carbonyl (C=O) groups excluding carboxylic acids is 7. The van der Waals surface area contributed by atoms with Gasteiger partial charge >= 0.3 is 17.9 Å². The van der Waals surface area contributed by atoms with Gasteiger partial charge in [0.1, 0.15) is 30.2 Å². The number of nitrogens with two attached hydrogens (primary N) is 1. The van der Waals surface area contributed by atoms with Crippen molar-refractivity contribution >= 4 is 59.1 Å². The van der Waals surface area contributed by atoms with E-state index in [1.54, 1.807) is 58.0 Å². The summed E-state index contributed by atoms with van der Waals surface area (Å²) >= 11 is 0. The SMILES string of the molecule is CC(C)CC(NC(=O)C(C)NC(=O)[C@@H](NC(=O)[C@@H](N)CCC(=O)O)C(C)C)C(=O)CCC(=O)N[C@@H](C)C(=O)N[C@@H](CCC(=O)O)C(=O)N[C@@H](Cc1ccccc1)C(=O)O. The molecule has 59 heavy (non-hydrogen) atoms. The van der Waals surface area contributed by atoms with Crippen LogP contribution in [0.4, 0.5) is 0 Å². The molecule has 0 aliphatic rings. The Balaban J connectivity index is 2.86. The first-order chi connectivity index (χ1) is 27.5. The van der Waals surface area contributed by atoms with E-state index in [9.17, 15) is 58.2 Å². The molecule has 1 aromatic carbocycles. The second-order valence-corrected chi connectivity index (χ2v) is 15.0. The van der Waals surface area contributed by atoms with Gasteiger partial charge in [-0.3, -0.25) is 43.2 Å². The molecule has 11 N–H and O–H groups in total. The van der Waals surface area contributed by atoms with Gasteiger partial charge in [-0.1, -0.05) is 58.0 Å². The van der Waals surface area contributed by atoms with E-state index in [1.165, 1.54) is 13.8 Å². The normalized spacial score (nSPS) is 14.6. The highest BCUT2D eigenvalue weighted by molar-refractivity contribution is 5.97. The van der Waals surface area contributed by atoms with Gasteiger partial charge in [0, 0.05) is 32.1 Å². The minimum absolute atomic E-state index is 0.0839. The van der Waals surface area contributed by atoms with Gasteiger partial charge < -0.3 is 53.0 Å². The molecule has 0 aliphatic heterocycles. The van der Waals surface area contributed by atoms with Crippen LogP contribution in [0.5, 0.6) is 0 Å². The minimum Gasteiger partial charge on any atom is -0.481 e. The van der Waals surface area contributed by atoms with Crippen molar-refractivity contribution in [2.24, 2.45) is 17.6 Å². The van der Waals surface area contributed by atoms with Gasteiger partial charge in [-0.25, -0.2) is 4.79 Å². The average molecular weight is 834 g/mol. The molecule has 20 nitrogen and oxygen atoms in total. The predicted molar refractivity (Wildman–Crippen MR) is 211 cm³/mol. The molecule has 20 heteroatoms. The van der Waals surface area contributed by atoms with Crippen molar-refractivity contribution in [3.63, 3.8) is 0 Å². The molecule has 0 aliphatic carbocycles.